The van der Waals surface area contributed by atoms with Crippen LogP contribution in [-0.4, -0.2) is 35.4 Å². The number of hydrogen-bond acceptors (Lipinski definition) is 3. The van der Waals surface area contributed by atoms with Crippen LogP contribution >= 0.6 is 0 Å². The zero-order chi connectivity index (χ0) is 22.5. The molecule has 2 amide bonds. The van der Waals surface area contributed by atoms with Crippen molar-refractivity contribution in [1.29, 1.82) is 0 Å². The Morgan fingerprint density at radius 2 is 1.81 bits per heavy atom. The van der Waals surface area contributed by atoms with Crippen LogP contribution in [0.1, 0.15) is 40.0 Å². The van der Waals surface area contributed by atoms with Crippen LogP contribution in [0.5, 0.6) is 5.75 Å². The predicted molar refractivity (Wildman–Crippen MR) is 123 cm³/mol. The molecule has 0 saturated carbocycles. The van der Waals surface area contributed by atoms with Gasteiger partial charge in [0, 0.05) is 16.7 Å². The number of carbonyl (C=O) groups excluding carboxylic acids is 2. The van der Waals surface area contributed by atoms with Crippen LogP contribution in [0.25, 0.3) is 0 Å². The Hall–Kier alpha value is -3.93. The van der Waals surface area contributed by atoms with Gasteiger partial charge >= 0.3 is 5.91 Å². The fourth-order valence-corrected chi connectivity index (χ4v) is 3.82. The number of rotatable bonds is 6. The van der Waals surface area contributed by atoms with E-state index in [9.17, 15) is 9.59 Å². The molecule has 162 valence electrons. The van der Waals surface area contributed by atoms with Crippen LogP contribution in [0.3, 0.4) is 0 Å². The van der Waals surface area contributed by atoms with E-state index in [1.165, 1.54) is 0 Å². The molecule has 4 rings (SSSR count). The van der Waals surface area contributed by atoms with Crippen LogP contribution < -0.4 is 15.5 Å². The van der Waals surface area contributed by atoms with E-state index in [0.717, 1.165) is 22.4 Å². The predicted octanol–water partition coefficient (Wildman–Crippen LogP) is 3.41. The molecule has 3 aromatic rings. The molecule has 32 heavy (non-hydrogen) atoms. The number of benzene rings is 3. The van der Waals surface area contributed by atoms with Gasteiger partial charge in [-0.1, -0.05) is 48.0 Å². The average Bonchev–Trinajstić information content (AvgIpc) is 3.10. The molecule has 0 aliphatic carbocycles. The smallest absolute Gasteiger partial charge is 0.304 e. The second-order valence-electron chi connectivity index (χ2n) is 7.69. The first-order valence-electron chi connectivity index (χ1n) is 10.6. The van der Waals surface area contributed by atoms with E-state index in [2.05, 4.69) is 10.7 Å². The van der Waals surface area contributed by atoms with Crippen molar-refractivity contribution < 1.29 is 19.0 Å². The van der Waals surface area contributed by atoms with E-state index in [0.29, 0.717) is 12.2 Å². The Morgan fingerprint density at radius 3 is 2.50 bits per heavy atom. The van der Waals surface area contributed by atoms with Crippen LogP contribution in [0.2, 0.25) is 0 Å². The number of ether oxygens (including phenoxy) is 1. The monoisotopic (exact) mass is 428 g/mol. The number of nitrogens with zero attached hydrogens (tertiary/aromatic N) is 1. The summed E-state index contributed by atoms with van der Waals surface area (Å²) in [5.74, 6) is 0.248. The molecule has 0 aromatic heterocycles. The zero-order valence-corrected chi connectivity index (χ0v) is 18.1. The number of amides is 2. The minimum Gasteiger partial charge on any atom is -0.494 e. The largest absolute Gasteiger partial charge is 0.494 e. The first-order chi connectivity index (χ1) is 15.5. The quantitative estimate of drug-likeness (QED) is 0.591. The molecule has 0 spiro atoms. The van der Waals surface area contributed by atoms with Crippen LogP contribution in [0.4, 0.5) is 0 Å². The van der Waals surface area contributed by atoms with Gasteiger partial charge in [-0.3, -0.25) is 9.59 Å². The highest BCUT2D eigenvalue weighted by Gasteiger charge is 2.47. The Bertz CT molecular complexity index is 1140. The fourth-order valence-electron chi connectivity index (χ4n) is 3.82. The topological polar surface area (TPSA) is 70.4 Å². The number of hydrogen-bond donors (Lipinski definition) is 2. The molecule has 1 heterocycles. The van der Waals surface area contributed by atoms with Crippen molar-refractivity contribution in [2.45, 2.75) is 25.9 Å². The second kappa shape index (κ2) is 9.47. The van der Waals surface area contributed by atoms with Gasteiger partial charge in [0.15, 0.2) is 6.04 Å². The Balaban J connectivity index is 1.65. The fraction of sp³-hybridized carbons (Fsp3) is 0.192. The average molecular weight is 429 g/mol. The SMILES string of the molecule is CCOc1ccc(/C=[N+]2\NC(=O)[C@@H](NC(=O)c3cccc(C)c3)[C@H]2c2ccccc2)cc1. The summed E-state index contributed by atoms with van der Waals surface area (Å²) >= 11 is 0. The van der Waals surface area contributed by atoms with E-state index in [-0.39, 0.29) is 11.8 Å². The van der Waals surface area contributed by atoms with Crippen LogP contribution in [0.15, 0.2) is 78.9 Å². The number of carbonyl (C=O) groups is 2. The third-order valence-corrected chi connectivity index (χ3v) is 5.32. The van der Waals surface area contributed by atoms with Gasteiger partial charge in [-0.15, -0.1) is 10.1 Å². The zero-order valence-electron chi connectivity index (χ0n) is 18.1. The van der Waals surface area contributed by atoms with Gasteiger partial charge in [0.25, 0.3) is 5.91 Å². The van der Waals surface area contributed by atoms with Crippen molar-refractivity contribution in [2.75, 3.05) is 6.61 Å². The lowest BCUT2D eigenvalue weighted by atomic mass is 9.99. The summed E-state index contributed by atoms with van der Waals surface area (Å²) in [5, 5.41) is 2.93. The van der Waals surface area contributed by atoms with E-state index >= 15 is 0 Å². The summed E-state index contributed by atoms with van der Waals surface area (Å²) < 4.78 is 7.26. The van der Waals surface area contributed by atoms with Crippen molar-refractivity contribution in [3.8, 4) is 5.75 Å². The first-order valence-corrected chi connectivity index (χ1v) is 10.6. The lowest BCUT2D eigenvalue weighted by Crippen LogP contribution is -2.42. The van der Waals surface area contributed by atoms with E-state index < -0.39 is 12.1 Å². The maximum Gasteiger partial charge on any atom is 0.304 e. The summed E-state index contributed by atoms with van der Waals surface area (Å²) in [6.07, 6.45) is 1.87. The molecular formula is C26H26N3O3+. The third kappa shape index (κ3) is 4.70. The number of hydrazone groups is 1. The molecule has 1 fully saturated rings. The second-order valence-corrected chi connectivity index (χ2v) is 7.69. The number of aryl methyl sites for hydroxylation is 1. The molecule has 1 aliphatic rings. The van der Waals surface area contributed by atoms with Gasteiger partial charge in [0.2, 0.25) is 12.3 Å². The van der Waals surface area contributed by atoms with Gasteiger partial charge in [-0.05, 0) is 50.2 Å². The third-order valence-electron chi connectivity index (χ3n) is 5.32. The van der Waals surface area contributed by atoms with Crippen molar-refractivity contribution in [1.82, 2.24) is 10.7 Å². The van der Waals surface area contributed by atoms with Crippen molar-refractivity contribution >= 4 is 18.0 Å². The molecule has 2 atom stereocenters. The molecular weight excluding hydrogens is 402 g/mol. The van der Waals surface area contributed by atoms with E-state index in [4.69, 9.17) is 4.74 Å². The maximum absolute atomic E-state index is 12.9. The summed E-state index contributed by atoms with van der Waals surface area (Å²) in [4.78, 5) is 25.8. The first kappa shape index (κ1) is 21.3. The van der Waals surface area contributed by atoms with Crippen LogP contribution in [0, 0.1) is 6.92 Å². The van der Waals surface area contributed by atoms with Gasteiger partial charge in [-0.2, -0.15) is 0 Å². The van der Waals surface area contributed by atoms with Crippen molar-refractivity contribution in [3.05, 3.63) is 101 Å². The lowest BCUT2D eigenvalue weighted by Gasteiger charge is -2.15. The standard InChI is InChI=1S/C26H25N3O3/c1-3-32-22-14-12-19(13-15-22)17-29-24(20-9-5-4-6-10-20)23(26(31)28-29)27-25(30)21-11-7-8-18(2)16-21/h4-17,23-24H,3H2,1-2H3,(H-,27,28,30,31)/p+1/b29-17-/t23-,24+/m0/s1. The molecule has 0 unspecified atom stereocenters. The summed E-state index contributed by atoms with van der Waals surface area (Å²) in [5.41, 5.74) is 6.24. The number of nitrogens with one attached hydrogen (secondary N) is 2. The van der Waals surface area contributed by atoms with Gasteiger partial charge in [0.1, 0.15) is 5.75 Å². The minimum atomic E-state index is -0.746. The molecule has 3 aromatic carbocycles. The van der Waals surface area contributed by atoms with Crippen molar-refractivity contribution in [3.63, 3.8) is 0 Å². The van der Waals surface area contributed by atoms with E-state index in [1.807, 2.05) is 92.9 Å². The summed E-state index contributed by atoms with van der Waals surface area (Å²) in [7, 11) is 0. The maximum atomic E-state index is 12.9. The lowest BCUT2D eigenvalue weighted by molar-refractivity contribution is -0.596. The molecule has 6 heteroatoms. The van der Waals surface area contributed by atoms with Gasteiger partial charge in [0.05, 0.1) is 6.61 Å². The van der Waals surface area contributed by atoms with Crippen LogP contribution in [-0.2, 0) is 4.79 Å². The Labute approximate surface area is 187 Å². The molecule has 0 radical (unpaired) electrons. The van der Waals surface area contributed by atoms with Crippen molar-refractivity contribution in [2.24, 2.45) is 0 Å². The Kier molecular flexibility index (Phi) is 6.31. The molecule has 1 saturated heterocycles. The molecule has 0 bridgehead atoms. The highest BCUT2D eigenvalue weighted by atomic mass is 16.5. The Morgan fingerprint density at radius 1 is 1.06 bits per heavy atom. The normalized spacial score (nSPS) is 18.9. The van der Waals surface area contributed by atoms with Gasteiger partial charge < -0.3 is 10.1 Å². The summed E-state index contributed by atoms with van der Waals surface area (Å²) in [6, 6.07) is 23.5. The minimum absolute atomic E-state index is 0.262. The molecule has 2 N–H and O–H groups in total. The number of hydrazine groups is 1. The highest BCUT2D eigenvalue weighted by molar-refractivity contribution is 5.98. The van der Waals surface area contributed by atoms with Gasteiger partial charge in [-0.25, -0.2) is 0 Å². The highest BCUT2D eigenvalue weighted by Crippen LogP contribution is 2.25. The molecule has 1 aliphatic heterocycles. The summed E-state index contributed by atoms with van der Waals surface area (Å²) in [6.45, 7) is 4.47. The molecule has 6 nitrogen and oxygen atoms in total. The van der Waals surface area contributed by atoms with E-state index in [1.54, 1.807) is 10.8 Å².